The first kappa shape index (κ1) is 14.4. The number of pyridine rings is 1. The van der Waals surface area contributed by atoms with Gasteiger partial charge in [-0.2, -0.15) is 0 Å². The summed E-state index contributed by atoms with van der Waals surface area (Å²) in [6, 6.07) is 12.7. The Balaban J connectivity index is 1.59. The number of nitrogens with zero attached hydrogens (tertiary/aromatic N) is 1. The second-order valence-corrected chi connectivity index (χ2v) is 5.80. The Hall–Kier alpha value is -1.58. The lowest BCUT2D eigenvalue weighted by Gasteiger charge is -2.25. The number of aryl methyl sites for hydroxylation is 1. The van der Waals surface area contributed by atoms with Crippen LogP contribution in [-0.4, -0.2) is 18.1 Å². The van der Waals surface area contributed by atoms with Crippen molar-refractivity contribution in [3.8, 4) is 5.75 Å². The molecule has 0 bridgehead atoms. The van der Waals surface area contributed by atoms with Crippen LogP contribution in [0.15, 0.2) is 36.4 Å². The summed E-state index contributed by atoms with van der Waals surface area (Å²) in [5.41, 5.74) is 3.74. The van der Waals surface area contributed by atoms with E-state index in [0.717, 1.165) is 37.3 Å². The van der Waals surface area contributed by atoms with Crippen molar-refractivity contribution in [1.29, 1.82) is 0 Å². The molecule has 0 spiro atoms. The highest BCUT2D eigenvalue weighted by atomic mass is 35.5. The summed E-state index contributed by atoms with van der Waals surface area (Å²) in [5.74, 6) is 0.905. The van der Waals surface area contributed by atoms with Gasteiger partial charge in [-0.15, -0.1) is 0 Å². The molecule has 0 radical (unpaired) electrons. The van der Waals surface area contributed by atoms with Crippen LogP contribution in [0.3, 0.4) is 0 Å². The van der Waals surface area contributed by atoms with Crippen molar-refractivity contribution in [2.75, 3.05) is 7.11 Å². The van der Waals surface area contributed by atoms with E-state index < -0.39 is 0 Å². The first-order valence-corrected chi connectivity index (χ1v) is 7.63. The monoisotopic (exact) mass is 302 g/mol. The zero-order chi connectivity index (χ0) is 14.7. The summed E-state index contributed by atoms with van der Waals surface area (Å²) in [6.45, 7) is 0.882. The molecule has 0 saturated carbocycles. The Kier molecular flexibility index (Phi) is 4.42. The molecular formula is C17H19ClN2O. The van der Waals surface area contributed by atoms with Gasteiger partial charge in [0.05, 0.1) is 7.11 Å². The van der Waals surface area contributed by atoms with Crippen LogP contribution in [0.2, 0.25) is 5.15 Å². The fourth-order valence-electron chi connectivity index (χ4n) is 2.74. The van der Waals surface area contributed by atoms with Gasteiger partial charge in [0.25, 0.3) is 0 Å². The highest BCUT2D eigenvalue weighted by Crippen LogP contribution is 2.20. The third-order valence-corrected chi connectivity index (χ3v) is 4.21. The van der Waals surface area contributed by atoms with Gasteiger partial charge in [-0.3, -0.25) is 0 Å². The highest BCUT2D eigenvalue weighted by Gasteiger charge is 2.19. The van der Waals surface area contributed by atoms with E-state index in [-0.39, 0.29) is 0 Å². The van der Waals surface area contributed by atoms with Crippen molar-refractivity contribution in [3.05, 3.63) is 58.4 Å². The number of aromatic nitrogens is 1. The molecule has 1 aromatic heterocycles. The summed E-state index contributed by atoms with van der Waals surface area (Å²) in [5, 5.41) is 4.17. The van der Waals surface area contributed by atoms with Gasteiger partial charge in [-0.05, 0) is 42.2 Å². The van der Waals surface area contributed by atoms with Crippen LogP contribution in [0.1, 0.15) is 23.2 Å². The molecule has 0 aliphatic carbocycles. The largest absolute Gasteiger partial charge is 0.497 e. The van der Waals surface area contributed by atoms with Crippen LogP contribution in [0.25, 0.3) is 0 Å². The average Bonchev–Trinajstić information content (AvgIpc) is 2.53. The van der Waals surface area contributed by atoms with E-state index >= 15 is 0 Å². The molecule has 0 fully saturated rings. The molecule has 21 heavy (non-hydrogen) atoms. The molecule has 3 rings (SSSR count). The summed E-state index contributed by atoms with van der Waals surface area (Å²) in [7, 11) is 1.69. The van der Waals surface area contributed by atoms with Gasteiger partial charge in [0.1, 0.15) is 10.9 Å². The molecule has 1 unspecified atom stereocenters. The van der Waals surface area contributed by atoms with Gasteiger partial charge < -0.3 is 10.1 Å². The van der Waals surface area contributed by atoms with Gasteiger partial charge in [0.2, 0.25) is 0 Å². The minimum Gasteiger partial charge on any atom is -0.497 e. The smallest absolute Gasteiger partial charge is 0.129 e. The number of fused-ring (bicyclic) bond motifs is 1. The minimum atomic E-state index is 0.463. The number of methoxy groups -OCH3 is 1. The van der Waals surface area contributed by atoms with E-state index in [4.69, 9.17) is 16.3 Å². The standard InChI is InChI=1S/C17H19ClN2O/c1-21-15-7-3-12(4-8-15)2-6-14-10-16-13(11-19-14)5-9-17(18)20-16/h3-5,7-9,14,19H,2,6,10-11H2,1H3. The Bertz CT molecular complexity index is 613. The molecule has 1 N–H and O–H groups in total. The van der Waals surface area contributed by atoms with Gasteiger partial charge in [-0.25, -0.2) is 4.98 Å². The fraction of sp³-hybridized carbons (Fsp3) is 0.353. The Morgan fingerprint density at radius 3 is 2.81 bits per heavy atom. The number of benzene rings is 1. The van der Waals surface area contributed by atoms with Gasteiger partial charge in [-0.1, -0.05) is 29.8 Å². The summed E-state index contributed by atoms with van der Waals surface area (Å²) < 4.78 is 5.18. The van der Waals surface area contributed by atoms with Crippen molar-refractivity contribution in [1.82, 2.24) is 10.3 Å². The van der Waals surface area contributed by atoms with E-state index in [2.05, 4.69) is 28.5 Å². The zero-order valence-corrected chi connectivity index (χ0v) is 12.9. The predicted molar refractivity (Wildman–Crippen MR) is 84.9 cm³/mol. The molecule has 1 aliphatic heterocycles. The molecule has 2 aromatic rings. The molecule has 1 atom stereocenters. The van der Waals surface area contributed by atoms with Crippen LogP contribution in [0.4, 0.5) is 0 Å². The fourth-order valence-corrected chi connectivity index (χ4v) is 2.90. The molecule has 2 heterocycles. The summed E-state index contributed by atoms with van der Waals surface area (Å²) in [4.78, 5) is 4.45. The van der Waals surface area contributed by atoms with Crippen LogP contribution < -0.4 is 10.1 Å². The van der Waals surface area contributed by atoms with Crippen LogP contribution in [0, 0.1) is 0 Å². The molecule has 1 aliphatic rings. The van der Waals surface area contributed by atoms with Crippen LogP contribution in [-0.2, 0) is 19.4 Å². The van der Waals surface area contributed by atoms with E-state index in [1.54, 1.807) is 7.11 Å². The maximum absolute atomic E-state index is 5.98. The van der Waals surface area contributed by atoms with Crippen molar-refractivity contribution in [3.63, 3.8) is 0 Å². The van der Waals surface area contributed by atoms with Crippen molar-refractivity contribution >= 4 is 11.6 Å². The Labute approximate surface area is 130 Å². The third kappa shape index (κ3) is 3.55. The average molecular weight is 303 g/mol. The van der Waals surface area contributed by atoms with Gasteiger partial charge >= 0.3 is 0 Å². The van der Waals surface area contributed by atoms with Gasteiger partial charge in [0, 0.05) is 24.7 Å². The lowest BCUT2D eigenvalue weighted by atomic mass is 9.96. The van der Waals surface area contributed by atoms with Gasteiger partial charge in [0.15, 0.2) is 0 Å². The molecular weight excluding hydrogens is 284 g/mol. The lowest BCUT2D eigenvalue weighted by molar-refractivity contribution is 0.414. The maximum atomic E-state index is 5.98. The molecule has 0 saturated heterocycles. The topological polar surface area (TPSA) is 34.1 Å². The van der Waals surface area contributed by atoms with Crippen LogP contribution in [0.5, 0.6) is 5.75 Å². The zero-order valence-electron chi connectivity index (χ0n) is 12.1. The Morgan fingerprint density at radius 2 is 2.05 bits per heavy atom. The summed E-state index contributed by atoms with van der Waals surface area (Å²) in [6.07, 6.45) is 3.10. The Morgan fingerprint density at radius 1 is 1.24 bits per heavy atom. The van der Waals surface area contributed by atoms with E-state index in [0.29, 0.717) is 11.2 Å². The molecule has 3 nitrogen and oxygen atoms in total. The molecule has 1 aromatic carbocycles. The number of ether oxygens (including phenoxy) is 1. The number of hydrogen-bond acceptors (Lipinski definition) is 3. The number of nitrogens with one attached hydrogen (secondary N) is 1. The molecule has 4 heteroatoms. The maximum Gasteiger partial charge on any atom is 0.129 e. The summed E-state index contributed by atoms with van der Waals surface area (Å²) >= 11 is 5.98. The third-order valence-electron chi connectivity index (χ3n) is 4.00. The molecule has 110 valence electrons. The van der Waals surface area contributed by atoms with Crippen LogP contribution >= 0.6 is 11.6 Å². The second kappa shape index (κ2) is 6.46. The second-order valence-electron chi connectivity index (χ2n) is 5.41. The lowest BCUT2D eigenvalue weighted by Crippen LogP contribution is -2.36. The first-order chi connectivity index (χ1) is 10.2. The SMILES string of the molecule is COc1ccc(CCC2Cc3nc(Cl)ccc3CN2)cc1. The molecule has 0 amide bonds. The number of rotatable bonds is 4. The van der Waals surface area contributed by atoms with Crippen molar-refractivity contribution in [2.45, 2.75) is 31.8 Å². The van der Waals surface area contributed by atoms with Crippen molar-refractivity contribution < 1.29 is 4.74 Å². The quantitative estimate of drug-likeness (QED) is 0.879. The van der Waals surface area contributed by atoms with E-state index in [1.807, 2.05) is 18.2 Å². The van der Waals surface area contributed by atoms with E-state index in [1.165, 1.54) is 11.1 Å². The van der Waals surface area contributed by atoms with E-state index in [9.17, 15) is 0 Å². The normalized spacial score (nSPS) is 17.3. The number of halogens is 1. The number of hydrogen-bond donors (Lipinski definition) is 1. The minimum absolute atomic E-state index is 0.463. The van der Waals surface area contributed by atoms with Crippen molar-refractivity contribution in [2.24, 2.45) is 0 Å². The first-order valence-electron chi connectivity index (χ1n) is 7.25. The highest BCUT2D eigenvalue weighted by molar-refractivity contribution is 6.29. The predicted octanol–water partition coefficient (Wildman–Crippen LogP) is 3.39.